The number of hydrogen-bond donors (Lipinski definition) is 1. The molecule has 1 saturated heterocycles. The molecule has 1 aromatic rings. The SMILES string of the molecule is CN1CCN(CC(O)CN(C)Cc2cc(F)ccc2C#N)CC1. The van der Waals surface area contributed by atoms with Crippen molar-refractivity contribution in [2.24, 2.45) is 0 Å². The van der Waals surface area contributed by atoms with Gasteiger partial charge >= 0.3 is 0 Å². The van der Waals surface area contributed by atoms with E-state index in [0.29, 0.717) is 30.8 Å². The van der Waals surface area contributed by atoms with E-state index in [1.165, 1.54) is 18.2 Å². The molecular weight excluding hydrogens is 295 g/mol. The molecular formula is C17H25FN4O. The highest BCUT2D eigenvalue weighted by Crippen LogP contribution is 2.13. The Kier molecular flexibility index (Phi) is 6.48. The van der Waals surface area contributed by atoms with Crippen molar-refractivity contribution in [1.29, 1.82) is 5.26 Å². The number of piperazine rings is 1. The van der Waals surface area contributed by atoms with Crippen molar-refractivity contribution < 1.29 is 9.50 Å². The summed E-state index contributed by atoms with van der Waals surface area (Å²) in [4.78, 5) is 6.47. The molecule has 0 aliphatic carbocycles. The second-order valence-electron chi connectivity index (χ2n) is 6.37. The second kappa shape index (κ2) is 8.37. The largest absolute Gasteiger partial charge is 0.390 e. The molecule has 0 aromatic heterocycles. The summed E-state index contributed by atoms with van der Waals surface area (Å²) in [6.07, 6.45) is -0.456. The lowest BCUT2D eigenvalue weighted by molar-refractivity contribution is 0.0593. The molecule has 2 rings (SSSR count). The van der Waals surface area contributed by atoms with E-state index < -0.39 is 6.10 Å². The van der Waals surface area contributed by atoms with E-state index in [2.05, 4.69) is 22.9 Å². The predicted octanol–water partition coefficient (Wildman–Crippen LogP) is 0.737. The maximum Gasteiger partial charge on any atom is 0.123 e. The fourth-order valence-corrected chi connectivity index (χ4v) is 2.90. The molecule has 1 heterocycles. The van der Waals surface area contributed by atoms with Crippen LogP contribution in [-0.4, -0.2) is 79.3 Å². The lowest BCUT2D eigenvalue weighted by atomic mass is 10.1. The quantitative estimate of drug-likeness (QED) is 0.838. The van der Waals surface area contributed by atoms with E-state index >= 15 is 0 Å². The Morgan fingerprint density at radius 3 is 2.70 bits per heavy atom. The van der Waals surface area contributed by atoms with Crippen LogP contribution in [0.1, 0.15) is 11.1 Å². The molecule has 0 spiro atoms. The molecule has 1 unspecified atom stereocenters. The average molecular weight is 320 g/mol. The second-order valence-corrected chi connectivity index (χ2v) is 6.37. The Labute approximate surface area is 137 Å². The molecule has 0 amide bonds. The number of aliphatic hydroxyl groups is 1. The van der Waals surface area contributed by atoms with Crippen LogP contribution in [0.5, 0.6) is 0 Å². The van der Waals surface area contributed by atoms with Gasteiger partial charge in [-0.15, -0.1) is 0 Å². The van der Waals surface area contributed by atoms with Crippen LogP contribution in [0.25, 0.3) is 0 Å². The molecule has 1 atom stereocenters. The van der Waals surface area contributed by atoms with Crippen molar-refractivity contribution >= 4 is 0 Å². The summed E-state index contributed by atoms with van der Waals surface area (Å²) < 4.78 is 13.3. The lowest BCUT2D eigenvalue weighted by Gasteiger charge is -2.34. The number of rotatable bonds is 6. The van der Waals surface area contributed by atoms with Gasteiger partial charge in [-0.1, -0.05) is 0 Å². The van der Waals surface area contributed by atoms with Crippen LogP contribution in [-0.2, 0) is 6.54 Å². The zero-order valence-corrected chi connectivity index (χ0v) is 13.9. The number of nitrogens with zero attached hydrogens (tertiary/aromatic N) is 4. The van der Waals surface area contributed by atoms with Crippen LogP contribution in [0.2, 0.25) is 0 Å². The van der Waals surface area contributed by atoms with Crippen LogP contribution in [0, 0.1) is 17.1 Å². The number of β-amino-alcohol motifs (C(OH)–C–C–N with tert-alkyl or cyclic N) is 1. The normalized spacial score (nSPS) is 18.1. The first-order valence-electron chi connectivity index (χ1n) is 7.94. The minimum absolute atomic E-state index is 0.342. The molecule has 1 aliphatic rings. The third kappa shape index (κ3) is 5.56. The van der Waals surface area contributed by atoms with Crippen LogP contribution >= 0.6 is 0 Å². The van der Waals surface area contributed by atoms with Gasteiger partial charge in [-0.25, -0.2) is 4.39 Å². The Hall–Kier alpha value is -1.52. The van der Waals surface area contributed by atoms with Gasteiger partial charge in [-0.05, 0) is 37.9 Å². The van der Waals surface area contributed by atoms with Gasteiger partial charge in [-0.2, -0.15) is 5.26 Å². The topological polar surface area (TPSA) is 53.7 Å². The Morgan fingerprint density at radius 1 is 1.35 bits per heavy atom. The van der Waals surface area contributed by atoms with E-state index in [9.17, 15) is 9.50 Å². The van der Waals surface area contributed by atoms with Gasteiger partial charge in [0.25, 0.3) is 0 Å². The molecule has 5 nitrogen and oxygen atoms in total. The van der Waals surface area contributed by atoms with Gasteiger partial charge in [0, 0.05) is 45.8 Å². The molecule has 1 N–H and O–H groups in total. The predicted molar refractivity (Wildman–Crippen MR) is 87.4 cm³/mol. The third-order valence-electron chi connectivity index (χ3n) is 4.22. The molecule has 1 aromatic carbocycles. The Balaban J connectivity index is 1.83. The molecule has 1 fully saturated rings. The van der Waals surface area contributed by atoms with E-state index in [1.807, 2.05) is 11.9 Å². The fourth-order valence-electron chi connectivity index (χ4n) is 2.90. The van der Waals surface area contributed by atoms with Crippen molar-refractivity contribution in [3.05, 3.63) is 35.1 Å². The standard InChI is InChI=1S/C17H25FN4O/c1-20-5-7-22(8-6-20)13-17(23)12-21(2)11-15-9-16(18)4-3-14(15)10-19/h3-4,9,17,23H,5-8,11-13H2,1-2H3. The summed E-state index contributed by atoms with van der Waals surface area (Å²) in [5.41, 5.74) is 1.13. The Morgan fingerprint density at radius 2 is 2.04 bits per heavy atom. The smallest absolute Gasteiger partial charge is 0.123 e. The van der Waals surface area contributed by atoms with Crippen LogP contribution in [0.15, 0.2) is 18.2 Å². The maximum absolute atomic E-state index is 13.3. The minimum atomic E-state index is -0.456. The number of benzene rings is 1. The maximum atomic E-state index is 13.3. The van der Waals surface area contributed by atoms with Crippen molar-refractivity contribution in [1.82, 2.24) is 14.7 Å². The highest BCUT2D eigenvalue weighted by molar-refractivity contribution is 5.37. The summed E-state index contributed by atoms with van der Waals surface area (Å²) in [5, 5.41) is 19.4. The van der Waals surface area contributed by atoms with Crippen molar-refractivity contribution in [3.63, 3.8) is 0 Å². The van der Waals surface area contributed by atoms with Crippen LogP contribution in [0.3, 0.4) is 0 Å². The van der Waals surface area contributed by atoms with Gasteiger partial charge in [0.15, 0.2) is 0 Å². The van der Waals surface area contributed by atoms with E-state index in [4.69, 9.17) is 5.26 Å². The molecule has 126 valence electrons. The molecule has 0 radical (unpaired) electrons. The van der Waals surface area contributed by atoms with Gasteiger partial charge in [0.05, 0.1) is 17.7 Å². The highest BCUT2D eigenvalue weighted by Gasteiger charge is 2.18. The summed E-state index contributed by atoms with van der Waals surface area (Å²) in [7, 11) is 3.98. The summed E-state index contributed by atoms with van der Waals surface area (Å²) in [6, 6.07) is 6.27. The zero-order chi connectivity index (χ0) is 16.8. The molecule has 23 heavy (non-hydrogen) atoms. The molecule has 6 heteroatoms. The summed E-state index contributed by atoms with van der Waals surface area (Å²) >= 11 is 0. The lowest BCUT2D eigenvalue weighted by Crippen LogP contribution is -2.48. The number of halogens is 1. The first-order valence-corrected chi connectivity index (χ1v) is 7.94. The van der Waals surface area contributed by atoms with Crippen LogP contribution in [0.4, 0.5) is 4.39 Å². The third-order valence-corrected chi connectivity index (χ3v) is 4.22. The summed E-state index contributed by atoms with van der Waals surface area (Å²) in [5.74, 6) is -0.342. The highest BCUT2D eigenvalue weighted by atomic mass is 19.1. The Bertz CT molecular complexity index is 552. The first kappa shape index (κ1) is 17.8. The first-order chi connectivity index (χ1) is 11.0. The minimum Gasteiger partial charge on any atom is -0.390 e. The van der Waals surface area contributed by atoms with E-state index in [0.717, 1.165) is 26.2 Å². The molecule has 0 bridgehead atoms. The molecule has 0 saturated carbocycles. The van der Waals surface area contributed by atoms with Crippen molar-refractivity contribution in [2.45, 2.75) is 12.6 Å². The van der Waals surface area contributed by atoms with Gasteiger partial charge < -0.3 is 10.0 Å². The average Bonchev–Trinajstić information content (AvgIpc) is 2.49. The van der Waals surface area contributed by atoms with Crippen molar-refractivity contribution in [2.75, 3.05) is 53.4 Å². The number of aliphatic hydroxyl groups excluding tert-OH is 1. The zero-order valence-electron chi connectivity index (χ0n) is 13.9. The van der Waals surface area contributed by atoms with E-state index in [1.54, 1.807) is 0 Å². The van der Waals surface area contributed by atoms with Gasteiger partial charge in [0.2, 0.25) is 0 Å². The summed E-state index contributed by atoms with van der Waals surface area (Å²) in [6.45, 7) is 5.58. The van der Waals surface area contributed by atoms with Crippen molar-refractivity contribution in [3.8, 4) is 6.07 Å². The van der Waals surface area contributed by atoms with Gasteiger partial charge in [-0.3, -0.25) is 9.80 Å². The van der Waals surface area contributed by atoms with Gasteiger partial charge in [0.1, 0.15) is 5.82 Å². The van der Waals surface area contributed by atoms with Crippen LogP contribution < -0.4 is 0 Å². The number of likely N-dealkylation sites (N-methyl/N-ethyl adjacent to an activating group) is 2. The van der Waals surface area contributed by atoms with E-state index in [-0.39, 0.29) is 5.82 Å². The number of nitriles is 1. The fraction of sp³-hybridized carbons (Fsp3) is 0.588. The monoisotopic (exact) mass is 320 g/mol. The number of hydrogen-bond acceptors (Lipinski definition) is 5. The molecule has 1 aliphatic heterocycles.